The maximum absolute atomic E-state index is 14.7. The van der Waals surface area contributed by atoms with Gasteiger partial charge in [0.1, 0.15) is 0 Å². The first-order valence-electron chi connectivity index (χ1n) is 13.8. The van der Waals surface area contributed by atoms with E-state index in [2.05, 4.69) is 17.6 Å². The molecule has 1 saturated carbocycles. The van der Waals surface area contributed by atoms with Gasteiger partial charge >= 0.3 is 0 Å². The van der Waals surface area contributed by atoms with E-state index < -0.39 is 15.4 Å². The summed E-state index contributed by atoms with van der Waals surface area (Å²) < 4.78 is 27.7. The molecule has 2 aliphatic rings. The highest BCUT2D eigenvalue weighted by atomic mass is 35.5. The zero-order chi connectivity index (χ0) is 29.4. The number of rotatable bonds is 10. The Kier molecular flexibility index (Phi) is 8.51. The molecule has 1 saturated heterocycles. The minimum atomic E-state index is -3.67. The molecule has 1 amide bonds. The summed E-state index contributed by atoms with van der Waals surface area (Å²) >= 11 is 12.8. The molecule has 2 heterocycles. The van der Waals surface area contributed by atoms with Crippen LogP contribution in [0.4, 0.5) is 5.69 Å². The van der Waals surface area contributed by atoms with Crippen LogP contribution in [0.2, 0.25) is 10.0 Å². The number of likely N-dealkylation sites (tertiary alicyclic amines) is 1. The lowest BCUT2D eigenvalue weighted by molar-refractivity contribution is -0.154. The van der Waals surface area contributed by atoms with Crippen molar-refractivity contribution in [2.75, 3.05) is 17.1 Å². The van der Waals surface area contributed by atoms with Gasteiger partial charge in [-0.1, -0.05) is 60.5 Å². The Hall–Kier alpha value is -2.87. The summed E-state index contributed by atoms with van der Waals surface area (Å²) in [4.78, 5) is 20.9. The Bertz CT molecular complexity index is 1510. The van der Waals surface area contributed by atoms with E-state index >= 15 is 0 Å². The summed E-state index contributed by atoms with van der Waals surface area (Å²) in [5, 5.41) is 1.24. The van der Waals surface area contributed by atoms with Crippen LogP contribution in [-0.2, 0) is 14.8 Å². The van der Waals surface area contributed by atoms with E-state index in [1.54, 1.807) is 30.6 Å². The molecular weight excluding hydrogens is 577 g/mol. The number of sulfonamides is 1. The van der Waals surface area contributed by atoms with Crippen molar-refractivity contribution in [3.8, 4) is 0 Å². The van der Waals surface area contributed by atoms with E-state index in [-0.39, 0.29) is 36.4 Å². The molecule has 6 nitrogen and oxygen atoms in total. The van der Waals surface area contributed by atoms with Crippen LogP contribution in [0.25, 0.3) is 0 Å². The number of carbonyl (C=O) groups is 1. The SMILES string of the molecule is C=CC[C@@]1(C)C[C@H](c2cccc(Cl)c2)[C@@H](c2ccc(Cl)cc2)N([C@@H](CN(c2cccnc2)S(C)(=O)=O)C2CC2)C1=O. The molecular formula is C32H35Cl2N3O3S. The Morgan fingerprint density at radius 1 is 1.10 bits per heavy atom. The van der Waals surface area contributed by atoms with Crippen molar-refractivity contribution < 1.29 is 13.2 Å². The fourth-order valence-electron chi connectivity index (χ4n) is 6.30. The van der Waals surface area contributed by atoms with Crippen molar-refractivity contribution >= 4 is 44.8 Å². The average Bonchev–Trinajstić information content (AvgIpc) is 3.77. The van der Waals surface area contributed by atoms with Crippen molar-refractivity contribution in [1.82, 2.24) is 9.88 Å². The minimum absolute atomic E-state index is 0.00663. The van der Waals surface area contributed by atoms with Crippen molar-refractivity contribution in [1.29, 1.82) is 0 Å². The number of carbonyl (C=O) groups excluding carboxylic acids is 1. The number of pyridine rings is 1. The predicted octanol–water partition coefficient (Wildman–Crippen LogP) is 7.27. The number of halogens is 2. The van der Waals surface area contributed by atoms with Crippen LogP contribution in [0.5, 0.6) is 0 Å². The molecule has 3 aromatic rings. The number of anilines is 1. The molecule has 1 aromatic heterocycles. The average molecular weight is 613 g/mol. The van der Waals surface area contributed by atoms with Crippen molar-refractivity contribution in [2.24, 2.45) is 11.3 Å². The molecule has 41 heavy (non-hydrogen) atoms. The fraction of sp³-hybridized carbons (Fsp3) is 0.375. The van der Waals surface area contributed by atoms with Gasteiger partial charge in [0.15, 0.2) is 0 Å². The standard InChI is InChI=1S/C32H35Cl2N3O3S/c1-4-16-32(2)19-28(24-7-5-8-26(34)18-24)30(23-12-14-25(33)15-13-23)37(31(32)38)29(22-10-11-22)21-36(41(3,39)40)27-9-6-17-35-20-27/h4-9,12-15,17-18,20,22,28-30H,1,10-11,16,19,21H2,2-3H3/t28-,29+,30-,32+/m1/s1. The molecule has 1 aliphatic heterocycles. The van der Waals surface area contributed by atoms with Gasteiger partial charge in [-0.15, -0.1) is 6.58 Å². The Morgan fingerprint density at radius 2 is 1.83 bits per heavy atom. The number of allylic oxidation sites excluding steroid dienone is 1. The van der Waals surface area contributed by atoms with Gasteiger partial charge in [-0.2, -0.15) is 0 Å². The fourth-order valence-corrected chi connectivity index (χ4v) is 7.54. The van der Waals surface area contributed by atoms with Gasteiger partial charge in [-0.25, -0.2) is 8.42 Å². The van der Waals surface area contributed by atoms with Gasteiger partial charge in [-0.3, -0.25) is 14.1 Å². The van der Waals surface area contributed by atoms with E-state index in [1.807, 2.05) is 54.3 Å². The molecule has 0 N–H and O–H groups in total. The first kappa shape index (κ1) is 29.6. The number of amides is 1. The molecule has 0 bridgehead atoms. The van der Waals surface area contributed by atoms with Gasteiger partial charge in [0.25, 0.3) is 0 Å². The number of hydrogen-bond donors (Lipinski definition) is 0. The Labute approximate surface area is 253 Å². The number of aromatic nitrogens is 1. The second-order valence-corrected chi connectivity index (χ2v) is 14.3. The summed E-state index contributed by atoms with van der Waals surface area (Å²) in [6, 6.07) is 18.2. The summed E-state index contributed by atoms with van der Waals surface area (Å²) in [6.45, 7) is 6.11. The largest absolute Gasteiger partial charge is 0.329 e. The third-order valence-corrected chi connectivity index (χ3v) is 10.0. The van der Waals surface area contributed by atoms with Gasteiger partial charge in [0.05, 0.1) is 42.2 Å². The van der Waals surface area contributed by atoms with E-state index in [0.29, 0.717) is 28.6 Å². The second kappa shape index (κ2) is 11.8. The van der Waals surface area contributed by atoms with Crippen LogP contribution < -0.4 is 4.31 Å². The molecule has 2 fully saturated rings. The van der Waals surface area contributed by atoms with Crippen LogP contribution in [0, 0.1) is 11.3 Å². The molecule has 216 valence electrons. The third-order valence-electron chi connectivity index (χ3n) is 8.40. The van der Waals surface area contributed by atoms with Crippen LogP contribution in [0.15, 0.2) is 85.7 Å². The van der Waals surface area contributed by atoms with Gasteiger partial charge in [-0.05, 0) is 79.1 Å². The van der Waals surface area contributed by atoms with Gasteiger partial charge in [0, 0.05) is 22.2 Å². The highest BCUT2D eigenvalue weighted by molar-refractivity contribution is 7.92. The first-order chi connectivity index (χ1) is 19.5. The monoisotopic (exact) mass is 611 g/mol. The summed E-state index contributed by atoms with van der Waals surface area (Å²) in [6.07, 6.45) is 9.12. The lowest BCUT2D eigenvalue weighted by atomic mass is 9.67. The maximum Gasteiger partial charge on any atom is 0.232 e. The minimum Gasteiger partial charge on any atom is -0.329 e. The lowest BCUT2D eigenvalue weighted by Crippen LogP contribution is -2.59. The second-order valence-electron chi connectivity index (χ2n) is 11.5. The van der Waals surface area contributed by atoms with E-state index in [9.17, 15) is 13.2 Å². The summed E-state index contributed by atoms with van der Waals surface area (Å²) in [5.41, 5.74) is 1.74. The topological polar surface area (TPSA) is 70.6 Å². The first-order valence-corrected chi connectivity index (χ1v) is 16.4. The van der Waals surface area contributed by atoms with Crippen LogP contribution in [0.1, 0.15) is 55.7 Å². The van der Waals surface area contributed by atoms with Gasteiger partial charge in [0.2, 0.25) is 15.9 Å². The van der Waals surface area contributed by atoms with Crippen LogP contribution in [-0.4, -0.2) is 43.1 Å². The highest BCUT2D eigenvalue weighted by Crippen LogP contribution is 2.54. The maximum atomic E-state index is 14.7. The number of nitrogens with zero attached hydrogens (tertiary/aromatic N) is 3. The third kappa shape index (κ3) is 6.32. The summed E-state index contributed by atoms with van der Waals surface area (Å²) in [5.74, 6) is 0.0804. The van der Waals surface area contributed by atoms with E-state index in [0.717, 1.165) is 24.0 Å². The molecule has 4 atom stereocenters. The smallest absolute Gasteiger partial charge is 0.232 e. The number of hydrogen-bond acceptors (Lipinski definition) is 4. The normalized spacial score (nSPS) is 23.7. The van der Waals surface area contributed by atoms with Crippen LogP contribution in [0.3, 0.4) is 0 Å². The molecule has 0 unspecified atom stereocenters. The molecule has 0 radical (unpaired) electrons. The molecule has 9 heteroatoms. The quantitative estimate of drug-likeness (QED) is 0.226. The van der Waals surface area contributed by atoms with E-state index in [4.69, 9.17) is 23.2 Å². The molecule has 2 aromatic carbocycles. The number of benzene rings is 2. The van der Waals surface area contributed by atoms with Crippen LogP contribution >= 0.6 is 23.2 Å². The Balaban J connectivity index is 1.69. The van der Waals surface area contributed by atoms with E-state index in [1.165, 1.54) is 10.6 Å². The van der Waals surface area contributed by atoms with Crippen molar-refractivity contribution in [3.63, 3.8) is 0 Å². The zero-order valence-electron chi connectivity index (χ0n) is 23.3. The predicted molar refractivity (Wildman–Crippen MR) is 166 cm³/mol. The van der Waals surface area contributed by atoms with Crippen molar-refractivity contribution in [3.05, 3.63) is 107 Å². The summed E-state index contributed by atoms with van der Waals surface area (Å²) in [7, 11) is -3.67. The van der Waals surface area contributed by atoms with Crippen molar-refractivity contribution in [2.45, 2.75) is 50.6 Å². The number of piperidine rings is 1. The Morgan fingerprint density at radius 3 is 2.41 bits per heavy atom. The molecule has 0 spiro atoms. The molecule has 5 rings (SSSR count). The highest BCUT2D eigenvalue weighted by Gasteiger charge is 2.54. The van der Waals surface area contributed by atoms with Gasteiger partial charge < -0.3 is 4.90 Å². The zero-order valence-corrected chi connectivity index (χ0v) is 25.6. The lowest BCUT2D eigenvalue weighted by Gasteiger charge is -2.52. The molecule has 1 aliphatic carbocycles.